The van der Waals surface area contributed by atoms with Crippen molar-refractivity contribution in [2.24, 2.45) is 7.05 Å². The molecule has 0 aliphatic carbocycles. The van der Waals surface area contributed by atoms with E-state index in [1.54, 1.807) is 0 Å². The van der Waals surface area contributed by atoms with Crippen LogP contribution >= 0.6 is 0 Å². The largest absolute Gasteiger partial charge is 0.378 e. The van der Waals surface area contributed by atoms with Crippen molar-refractivity contribution in [1.82, 2.24) is 9.55 Å². The molecule has 0 atom stereocenters. The second kappa shape index (κ2) is 2.61. The first-order valence-corrected chi connectivity index (χ1v) is 3.04. The summed E-state index contributed by atoms with van der Waals surface area (Å²) in [7, 11) is 1.49. The summed E-state index contributed by atoms with van der Waals surface area (Å²) in [5, 5.41) is 17.6. The summed E-state index contributed by atoms with van der Waals surface area (Å²) in [4.78, 5) is 13.2. The van der Waals surface area contributed by atoms with Crippen LogP contribution in [0.3, 0.4) is 0 Å². The summed E-state index contributed by atoms with van der Waals surface area (Å²) in [5.41, 5.74) is 4.49. The smallest absolute Gasteiger partial charge is 0.352 e. The van der Waals surface area contributed by atoms with Crippen molar-refractivity contribution in [3.05, 3.63) is 21.9 Å². The van der Waals surface area contributed by atoms with E-state index in [-0.39, 0.29) is 11.3 Å². The van der Waals surface area contributed by atoms with Crippen molar-refractivity contribution in [3.63, 3.8) is 0 Å². The first-order chi connectivity index (χ1) is 5.54. The van der Waals surface area contributed by atoms with Crippen LogP contribution < -0.4 is 11.2 Å². The number of aryl methyl sites for hydroxylation is 1. The molecule has 0 aliphatic heterocycles. The first-order valence-electron chi connectivity index (χ1n) is 3.04. The fourth-order valence-corrected chi connectivity index (χ4v) is 0.736. The van der Waals surface area contributed by atoms with Gasteiger partial charge in [0.25, 0.3) is 0 Å². The third-order valence-electron chi connectivity index (χ3n) is 1.37. The maximum atomic E-state index is 10.3. The minimum absolute atomic E-state index is 0.233. The molecule has 0 bridgehead atoms. The Morgan fingerprint density at radius 3 is 2.83 bits per heavy atom. The van der Waals surface area contributed by atoms with Gasteiger partial charge in [-0.15, -0.1) is 0 Å². The number of nitro groups is 1. The number of nitrogen functional groups attached to an aromatic ring is 1. The molecule has 3 N–H and O–H groups in total. The van der Waals surface area contributed by atoms with Crippen molar-refractivity contribution in [1.29, 1.82) is 5.41 Å². The fraction of sp³-hybridized carbons (Fsp3) is 0.200. The highest BCUT2D eigenvalue weighted by atomic mass is 16.6. The van der Waals surface area contributed by atoms with Crippen molar-refractivity contribution in [2.45, 2.75) is 0 Å². The van der Waals surface area contributed by atoms with Gasteiger partial charge < -0.3 is 10.3 Å². The van der Waals surface area contributed by atoms with E-state index in [2.05, 4.69) is 4.98 Å². The minimum Gasteiger partial charge on any atom is -0.378 e. The van der Waals surface area contributed by atoms with Gasteiger partial charge in [0.2, 0.25) is 11.3 Å². The first kappa shape index (κ1) is 8.18. The van der Waals surface area contributed by atoms with Crippen molar-refractivity contribution in [3.8, 4) is 0 Å². The lowest BCUT2D eigenvalue weighted by molar-refractivity contribution is -0.386. The Morgan fingerprint density at radius 1 is 1.83 bits per heavy atom. The van der Waals surface area contributed by atoms with Gasteiger partial charge in [0, 0.05) is 7.05 Å². The topological polar surface area (TPSA) is 111 Å². The molecule has 1 aromatic rings. The molecule has 1 heterocycles. The second-order valence-corrected chi connectivity index (χ2v) is 2.20. The van der Waals surface area contributed by atoms with E-state index in [1.165, 1.54) is 17.9 Å². The maximum Gasteiger partial charge on any atom is 0.352 e. The monoisotopic (exact) mass is 169 g/mol. The molecule has 7 heteroatoms. The predicted octanol–water partition coefficient (Wildman–Crippen LogP) is -0.610. The van der Waals surface area contributed by atoms with Gasteiger partial charge in [0.15, 0.2) is 0 Å². The molecule has 1 aromatic heterocycles. The van der Waals surface area contributed by atoms with Crippen LogP contribution in [0.15, 0.2) is 6.33 Å². The molecule has 0 radical (unpaired) electrons. The molecule has 7 nitrogen and oxygen atoms in total. The minimum atomic E-state index is -0.718. The Hall–Kier alpha value is -1.92. The van der Waals surface area contributed by atoms with E-state index in [4.69, 9.17) is 11.1 Å². The third-order valence-corrected chi connectivity index (χ3v) is 1.37. The van der Waals surface area contributed by atoms with Crippen LogP contribution in [-0.2, 0) is 7.05 Å². The summed E-state index contributed by atoms with van der Waals surface area (Å²) in [6.45, 7) is 0. The standard InChI is InChI=1S/C5H7N5O2/c1-9-2-8-4(6)3(5(9)7)10(11)12/h2,7H,6H2,1H3. The van der Waals surface area contributed by atoms with E-state index in [0.29, 0.717) is 0 Å². The van der Waals surface area contributed by atoms with Crippen LogP contribution in [0.5, 0.6) is 0 Å². The lowest BCUT2D eigenvalue weighted by atomic mass is 10.5. The number of hydrogen-bond donors (Lipinski definition) is 2. The maximum absolute atomic E-state index is 10.3. The summed E-state index contributed by atoms with van der Waals surface area (Å²) in [5.74, 6) is -0.233. The molecule has 0 unspecified atom stereocenters. The molecule has 64 valence electrons. The molecule has 0 saturated heterocycles. The molecular formula is C5H7N5O2. The highest BCUT2D eigenvalue weighted by molar-refractivity contribution is 5.48. The Bertz CT molecular complexity index is 382. The van der Waals surface area contributed by atoms with Gasteiger partial charge in [0.05, 0.1) is 11.3 Å². The van der Waals surface area contributed by atoms with Crippen LogP contribution in [0.2, 0.25) is 0 Å². The zero-order valence-corrected chi connectivity index (χ0v) is 6.31. The lowest BCUT2D eigenvalue weighted by Gasteiger charge is -1.99. The van der Waals surface area contributed by atoms with Crippen LogP contribution in [0, 0.1) is 15.5 Å². The van der Waals surface area contributed by atoms with Gasteiger partial charge in [-0.2, -0.15) is 0 Å². The molecule has 0 fully saturated rings. The number of hydrogen-bond acceptors (Lipinski definition) is 5. The lowest BCUT2D eigenvalue weighted by Crippen LogP contribution is -2.22. The van der Waals surface area contributed by atoms with Crippen LogP contribution in [0.25, 0.3) is 0 Å². The van der Waals surface area contributed by atoms with Crippen molar-refractivity contribution >= 4 is 11.5 Å². The zero-order valence-electron chi connectivity index (χ0n) is 6.31. The Morgan fingerprint density at radius 2 is 2.42 bits per heavy atom. The fourth-order valence-electron chi connectivity index (χ4n) is 0.736. The van der Waals surface area contributed by atoms with Gasteiger partial charge in [-0.3, -0.25) is 15.5 Å². The number of anilines is 1. The quantitative estimate of drug-likeness (QED) is 0.431. The van der Waals surface area contributed by atoms with E-state index in [1.807, 2.05) is 0 Å². The summed E-state index contributed by atoms with van der Waals surface area (Å²) < 4.78 is 1.22. The summed E-state index contributed by atoms with van der Waals surface area (Å²) in [6, 6.07) is 0. The van der Waals surface area contributed by atoms with Gasteiger partial charge in [0.1, 0.15) is 0 Å². The highest BCUT2D eigenvalue weighted by Gasteiger charge is 2.16. The molecule has 0 amide bonds. The van der Waals surface area contributed by atoms with E-state index in [0.717, 1.165) is 0 Å². The average Bonchev–Trinajstić information content (AvgIpc) is 1.97. The molecule has 12 heavy (non-hydrogen) atoms. The summed E-state index contributed by atoms with van der Waals surface area (Å²) in [6.07, 6.45) is 1.25. The van der Waals surface area contributed by atoms with E-state index in [9.17, 15) is 10.1 Å². The van der Waals surface area contributed by atoms with Crippen molar-refractivity contribution < 1.29 is 4.92 Å². The van der Waals surface area contributed by atoms with Crippen molar-refractivity contribution in [2.75, 3.05) is 5.73 Å². The third kappa shape index (κ3) is 1.11. The number of rotatable bonds is 1. The average molecular weight is 169 g/mol. The second-order valence-electron chi connectivity index (χ2n) is 2.20. The van der Waals surface area contributed by atoms with Gasteiger partial charge in [-0.25, -0.2) is 4.98 Å². The molecule has 0 saturated carbocycles. The summed E-state index contributed by atoms with van der Waals surface area (Å²) >= 11 is 0. The van der Waals surface area contributed by atoms with E-state index >= 15 is 0 Å². The molecule has 0 aromatic carbocycles. The van der Waals surface area contributed by atoms with Crippen LogP contribution in [-0.4, -0.2) is 14.5 Å². The van der Waals surface area contributed by atoms with Gasteiger partial charge in [-0.05, 0) is 0 Å². The Kier molecular flexibility index (Phi) is 1.78. The van der Waals surface area contributed by atoms with Gasteiger partial charge in [-0.1, -0.05) is 0 Å². The normalized spacial score (nSPS) is 9.75. The molecule has 0 aliphatic rings. The number of nitrogens with two attached hydrogens (primary N) is 1. The molecule has 0 spiro atoms. The predicted molar refractivity (Wildman–Crippen MR) is 40.1 cm³/mol. The molecular weight excluding hydrogens is 162 g/mol. The van der Waals surface area contributed by atoms with Crippen LogP contribution in [0.1, 0.15) is 0 Å². The Labute approximate surface area is 67.1 Å². The zero-order chi connectivity index (χ0) is 9.30. The Balaban J connectivity index is 3.55. The molecule has 1 rings (SSSR count). The van der Waals surface area contributed by atoms with E-state index < -0.39 is 10.6 Å². The van der Waals surface area contributed by atoms with Gasteiger partial charge >= 0.3 is 5.69 Å². The number of nitrogens with one attached hydrogen (secondary N) is 1. The highest BCUT2D eigenvalue weighted by Crippen LogP contribution is 2.09. The SMILES string of the molecule is Cn1cnc(N)c([N+](=O)[O-])c1=N. The van der Waals surface area contributed by atoms with Crippen LogP contribution in [0.4, 0.5) is 11.5 Å². The number of aromatic nitrogens is 2. The number of nitrogens with zero attached hydrogens (tertiary/aromatic N) is 3.